The van der Waals surface area contributed by atoms with Gasteiger partial charge in [-0.1, -0.05) is 37.5 Å². The normalized spacial score (nSPS) is 14.2. The SMILES string of the molecule is Cc1ccsc1CN(Cc1ccc(F)cc1)C(=O)CN(C(=O)Nc1cccc(C(F)(F)F)c1)C1CCCCC1. The third-order valence-electron chi connectivity index (χ3n) is 6.97. The Hall–Kier alpha value is -3.40. The highest BCUT2D eigenvalue weighted by molar-refractivity contribution is 7.10. The summed E-state index contributed by atoms with van der Waals surface area (Å²) in [6.45, 7) is 2.29. The molecular weight excluding hydrogens is 530 g/mol. The number of nitrogens with zero attached hydrogens (tertiary/aromatic N) is 2. The van der Waals surface area contributed by atoms with Crippen LogP contribution in [0.3, 0.4) is 0 Å². The molecule has 0 spiro atoms. The van der Waals surface area contributed by atoms with Crippen molar-refractivity contribution < 1.29 is 27.2 Å². The minimum Gasteiger partial charge on any atom is -0.332 e. The van der Waals surface area contributed by atoms with Crippen molar-refractivity contribution in [2.45, 2.75) is 64.3 Å². The molecule has 1 heterocycles. The molecule has 2 aromatic carbocycles. The van der Waals surface area contributed by atoms with Gasteiger partial charge in [0, 0.05) is 23.2 Å². The molecule has 0 unspecified atom stereocenters. The maximum absolute atomic E-state index is 13.7. The lowest BCUT2D eigenvalue weighted by molar-refractivity contribution is -0.137. The Labute approximate surface area is 229 Å². The van der Waals surface area contributed by atoms with E-state index < -0.39 is 17.8 Å². The van der Waals surface area contributed by atoms with E-state index in [1.54, 1.807) is 17.0 Å². The first-order valence-electron chi connectivity index (χ1n) is 12.9. The van der Waals surface area contributed by atoms with Crippen molar-refractivity contribution in [3.63, 3.8) is 0 Å². The molecule has 1 aromatic heterocycles. The van der Waals surface area contributed by atoms with Crippen LogP contribution in [-0.2, 0) is 24.1 Å². The van der Waals surface area contributed by atoms with Gasteiger partial charge in [-0.2, -0.15) is 13.2 Å². The lowest BCUT2D eigenvalue weighted by atomic mass is 9.94. The average Bonchev–Trinajstić information content (AvgIpc) is 3.32. The molecule has 5 nitrogen and oxygen atoms in total. The van der Waals surface area contributed by atoms with Crippen molar-refractivity contribution >= 4 is 29.0 Å². The number of anilines is 1. The van der Waals surface area contributed by atoms with Crippen LogP contribution in [0.5, 0.6) is 0 Å². The largest absolute Gasteiger partial charge is 0.416 e. The van der Waals surface area contributed by atoms with Crippen LogP contribution in [-0.4, -0.2) is 34.3 Å². The molecule has 1 saturated carbocycles. The van der Waals surface area contributed by atoms with E-state index in [-0.39, 0.29) is 36.5 Å². The van der Waals surface area contributed by atoms with E-state index in [1.807, 2.05) is 18.4 Å². The number of thiophene rings is 1. The quantitative estimate of drug-likeness (QED) is 0.288. The summed E-state index contributed by atoms with van der Waals surface area (Å²) in [4.78, 5) is 31.3. The summed E-state index contributed by atoms with van der Waals surface area (Å²) in [5.41, 5.74) is 0.942. The van der Waals surface area contributed by atoms with Crippen molar-refractivity contribution in [2.75, 3.05) is 11.9 Å². The summed E-state index contributed by atoms with van der Waals surface area (Å²) in [6, 6.07) is 11.5. The topological polar surface area (TPSA) is 52.7 Å². The molecule has 4 rings (SSSR count). The van der Waals surface area contributed by atoms with E-state index in [1.165, 1.54) is 40.5 Å². The molecule has 1 aliphatic carbocycles. The zero-order valence-electron chi connectivity index (χ0n) is 21.6. The highest BCUT2D eigenvalue weighted by Gasteiger charge is 2.32. The van der Waals surface area contributed by atoms with Gasteiger partial charge in [0.2, 0.25) is 5.91 Å². The number of hydrogen-bond acceptors (Lipinski definition) is 3. The van der Waals surface area contributed by atoms with Gasteiger partial charge in [0.05, 0.1) is 12.1 Å². The van der Waals surface area contributed by atoms with Gasteiger partial charge < -0.3 is 15.1 Å². The van der Waals surface area contributed by atoms with Crippen LogP contribution in [0.2, 0.25) is 0 Å². The lowest BCUT2D eigenvalue weighted by Gasteiger charge is -2.35. The predicted molar refractivity (Wildman–Crippen MR) is 144 cm³/mol. The van der Waals surface area contributed by atoms with Gasteiger partial charge in [0.25, 0.3) is 0 Å². The highest BCUT2D eigenvalue weighted by Crippen LogP contribution is 2.31. The number of carbonyl (C=O) groups is 2. The number of carbonyl (C=O) groups excluding carboxylic acids is 2. The van der Waals surface area contributed by atoms with Crippen LogP contribution in [0.1, 0.15) is 53.7 Å². The molecule has 1 fully saturated rings. The van der Waals surface area contributed by atoms with Crippen LogP contribution < -0.4 is 5.32 Å². The molecule has 0 bridgehead atoms. The fourth-order valence-corrected chi connectivity index (χ4v) is 5.68. The molecule has 10 heteroatoms. The fourth-order valence-electron chi connectivity index (χ4n) is 4.76. The maximum Gasteiger partial charge on any atom is 0.416 e. The first-order valence-corrected chi connectivity index (χ1v) is 13.8. The van der Waals surface area contributed by atoms with Gasteiger partial charge in [-0.25, -0.2) is 9.18 Å². The second-order valence-electron chi connectivity index (χ2n) is 9.83. The van der Waals surface area contributed by atoms with Crippen molar-refractivity contribution in [3.8, 4) is 0 Å². The number of urea groups is 1. The Morgan fingerprint density at radius 2 is 1.72 bits per heavy atom. The number of rotatable bonds is 8. The van der Waals surface area contributed by atoms with Crippen LogP contribution in [0, 0.1) is 12.7 Å². The van der Waals surface area contributed by atoms with Gasteiger partial charge in [0.1, 0.15) is 12.4 Å². The fraction of sp³-hybridized carbons (Fsp3) is 0.379. The Bertz CT molecular complexity index is 1270. The second-order valence-corrected chi connectivity index (χ2v) is 10.8. The highest BCUT2D eigenvalue weighted by atomic mass is 32.1. The third kappa shape index (κ3) is 7.81. The first-order chi connectivity index (χ1) is 18.6. The number of halogens is 4. The number of amides is 3. The van der Waals surface area contributed by atoms with Crippen LogP contribution in [0.15, 0.2) is 60.0 Å². The van der Waals surface area contributed by atoms with E-state index in [2.05, 4.69) is 5.32 Å². The van der Waals surface area contributed by atoms with Gasteiger partial charge in [-0.3, -0.25) is 4.79 Å². The molecule has 1 N–H and O–H groups in total. The summed E-state index contributed by atoms with van der Waals surface area (Å²) < 4.78 is 53.1. The van der Waals surface area contributed by atoms with E-state index in [9.17, 15) is 27.2 Å². The maximum atomic E-state index is 13.7. The minimum absolute atomic E-state index is 0.0143. The number of hydrogen-bond donors (Lipinski definition) is 1. The standard InChI is InChI=1S/C29H31F4N3O2S/c1-20-14-15-39-26(20)18-35(17-21-10-12-23(30)13-11-21)27(37)19-36(25-8-3-2-4-9-25)28(38)34-24-7-5-6-22(16-24)29(31,32)33/h5-7,10-16,25H,2-4,8-9,17-19H2,1H3,(H,34,38). The number of benzene rings is 2. The van der Waals surface area contributed by atoms with Crippen LogP contribution in [0.4, 0.5) is 28.0 Å². The zero-order valence-corrected chi connectivity index (χ0v) is 22.5. The monoisotopic (exact) mass is 561 g/mol. The first kappa shape index (κ1) is 28.6. The van der Waals surface area contributed by atoms with Crippen molar-refractivity contribution in [1.29, 1.82) is 0 Å². The van der Waals surface area contributed by atoms with Gasteiger partial charge in [-0.15, -0.1) is 11.3 Å². The smallest absolute Gasteiger partial charge is 0.332 e. The Balaban J connectivity index is 1.56. The van der Waals surface area contributed by atoms with Gasteiger partial charge >= 0.3 is 12.2 Å². The molecule has 0 atom stereocenters. The molecule has 3 amide bonds. The second kappa shape index (κ2) is 12.6. The number of nitrogens with one attached hydrogen (secondary N) is 1. The molecular formula is C29H31F4N3O2S. The average molecular weight is 562 g/mol. The van der Waals surface area contributed by atoms with E-state index in [0.717, 1.165) is 47.4 Å². The van der Waals surface area contributed by atoms with Crippen LogP contribution in [0.25, 0.3) is 0 Å². The number of alkyl halides is 3. The van der Waals surface area contributed by atoms with Crippen molar-refractivity contribution in [3.05, 3.63) is 87.4 Å². The summed E-state index contributed by atoms with van der Waals surface area (Å²) >= 11 is 1.53. The molecule has 3 aromatic rings. The lowest BCUT2D eigenvalue weighted by Crippen LogP contribution is -2.49. The van der Waals surface area contributed by atoms with E-state index in [0.29, 0.717) is 19.4 Å². The van der Waals surface area contributed by atoms with Crippen LogP contribution >= 0.6 is 11.3 Å². The zero-order chi connectivity index (χ0) is 28.0. The van der Waals surface area contributed by atoms with E-state index in [4.69, 9.17) is 0 Å². The van der Waals surface area contributed by atoms with Gasteiger partial charge in [-0.05, 0) is 72.7 Å². The molecule has 0 saturated heterocycles. The summed E-state index contributed by atoms with van der Waals surface area (Å²) in [5.74, 6) is -0.669. The summed E-state index contributed by atoms with van der Waals surface area (Å²) in [5, 5.41) is 4.53. The van der Waals surface area contributed by atoms with Crippen molar-refractivity contribution in [2.24, 2.45) is 0 Å². The Morgan fingerprint density at radius 3 is 2.36 bits per heavy atom. The third-order valence-corrected chi connectivity index (χ3v) is 7.97. The molecule has 39 heavy (non-hydrogen) atoms. The molecule has 0 radical (unpaired) electrons. The Morgan fingerprint density at radius 1 is 1.00 bits per heavy atom. The van der Waals surface area contributed by atoms with Crippen molar-refractivity contribution in [1.82, 2.24) is 9.80 Å². The molecule has 208 valence electrons. The van der Waals surface area contributed by atoms with Gasteiger partial charge in [0.15, 0.2) is 0 Å². The summed E-state index contributed by atoms with van der Waals surface area (Å²) in [6.07, 6.45) is -0.279. The summed E-state index contributed by atoms with van der Waals surface area (Å²) in [7, 11) is 0. The minimum atomic E-state index is -4.54. The predicted octanol–water partition coefficient (Wildman–Crippen LogP) is 7.61. The number of aryl methyl sites for hydroxylation is 1. The van der Waals surface area contributed by atoms with E-state index >= 15 is 0 Å². The molecule has 1 aliphatic rings. The Kier molecular flexibility index (Phi) is 9.27. The molecule has 0 aliphatic heterocycles.